The molecule has 2 rings (SSSR count). The Morgan fingerprint density at radius 1 is 1.39 bits per heavy atom. The molecule has 0 spiro atoms. The Morgan fingerprint density at radius 3 is 2.67 bits per heavy atom. The lowest BCUT2D eigenvalue weighted by atomic mass is 9.78. The molecule has 0 aromatic carbocycles. The Hall–Kier alpha value is -0.610. The molecule has 1 aliphatic heterocycles. The van der Waals surface area contributed by atoms with Gasteiger partial charge in [-0.15, -0.1) is 0 Å². The number of rotatable bonds is 6. The van der Waals surface area contributed by atoms with E-state index in [1.807, 2.05) is 0 Å². The van der Waals surface area contributed by atoms with E-state index < -0.39 is 0 Å². The van der Waals surface area contributed by atoms with Crippen molar-refractivity contribution in [3.05, 3.63) is 0 Å². The number of hydrogen-bond donors (Lipinski definition) is 2. The molecule has 1 saturated carbocycles. The van der Waals surface area contributed by atoms with Crippen LogP contribution in [0.1, 0.15) is 38.5 Å². The van der Waals surface area contributed by atoms with Gasteiger partial charge in [0.1, 0.15) is 0 Å². The van der Waals surface area contributed by atoms with Crippen LogP contribution in [0.3, 0.4) is 0 Å². The van der Waals surface area contributed by atoms with Crippen LogP contribution in [0.15, 0.2) is 0 Å². The number of carbonyl (C=O) groups is 1. The van der Waals surface area contributed by atoms with Crippen LogP contribution < -0.4 is 10.6 Å². The fourth-order valence-corrected chi connectivity index (χ4v) is 2.98. The van der Waals surface area contributed by atoms with Crippen LogP contribution in [0.5, 0.6) is 0 Å². The van der Waals surface area contributed by atoms with E-state index in [4.69, 9.17) is 4.74 Å². The van der Waals surface area contributed by atoms with E-state index in [1.165, 1.54) is 19.3 Å². The Bertz CT molecular complexity index is 265. The van der Waals surface area contributed by atoms with E-state index in [9.17, 15) is 4.79 Å². The van der Waals surface area contributed by atoms with Gasteiger partial charge in [-0.25, -0.2) is 0 Å². The SMILES string of the molecule is COCC1(C(=O)NCCC2CCC2)CCNCC1. The maximum atomic E-state index is 12.4. The summed E-state index contributed by atoms with van der Waals surface area (Å²) in [5.74, 6) is 1.06. The highest BCUT2D eigenvalue weighted by Gasteiger charge is 2.39. The largest absolute Gasteiger partial charge is 0.384 e. The van der Waals surface area contributed by atoms with Crippen molar-refractivity contribution in [3.8, 4) is 0 Å². The summed E-state index contributed by atoms with van der Waals surface area (Å²) in [6.45, 7) is 3.21. The number of methoxy groups -OCH3 is 1. The molecule has 0 unspecified atom stereocenters. The minimum Gasteiger partial charge on any atom is -0.384 e. The first kappa shape index (κ1) is 13.8. The molecule has 4 heteroatoms. The van der Waals surface area contributed by atoms with Gasteiger partial charge in [0.25, 0.3) is 0 Å². The monoisotopic (exact) mass is 254 g/mol. The van der Waals surface area contributed by atoms with Crippen LogP contribution in [-0.4, -0.2) is 39.3 Å². The first-order chi connectivity index (χ1) is 8.77. The van der Waals surface area contributed by atoms with Gasteiger partial charge in [0.05, 0.1) is 12.0 Å². The lowest BCUT2D eigenvalue weighted by Gasteiger charge is -2.36. The summed E-state index contributed by atoms with van der Waals surface area (Å²) in [5, 5.41) is 6.44. The Morgan fingerprint density at radius 2 is 2.11 bits per heavy atom. The van der Waals surface area contributed by atoms with E-state index >= 15 is 0 Å². The second kappa shape index (κ2) is 6.53. The lowest BCUT2D eigenvalue weighted by molar-refractivity contribution is -0.136. The minimum absolute atomic E-state index is 0.199. The van der Waals surface area contributed by atoms with Crippen LogP contribution in [0.2, 0.25) is 0 Å². The van der Waals surface area contributed by atoms with Gasteiger partial charge in [-0.05, 0) is 38.3 Å². The molecule has 2 aliphatic rings. The van der Waals surface area contributed by atoms with Crippen molar-refractivity contribution in [3.63, 3.8) is 0 Å². The number of carbonyl (C=O) groups excluding carboxylic acids is 1. The summed E-state index contributed by atoms with van der Waals surface area (Å²) < 4.78 is 5.28. The maximum absolute atomic E-state index is 12.4. The fourth-order valence-electron chi connectivity index (χ4n) is 2.98. The number of hydrogen-bond acceptors (Lipinski definition) is 3. The molecule has 2 fully saturated rings. The van der Waals surface area contributed by atoms with Crippen molar-refractivity contribution >= 4 is 5.91 Å². The molecule has 1 heterocycles. The highest BCUT2D eigenvalue weighted by Crippen LogP contribution is 2.31. The smallest absolute Gasteiger partial charge is 0.228 e. The van der Waals surface area contributed by atoms with E-state index in [-0.39, 0.29) is 11.3 Å². The molecule has 4 nitrogen and oxygen atoms in total. The van der Waals surface area contributed by atoms with E-state index in [0.29, 0.717) is 6.61 Å². The molecule has 2 N–H and O–H groups in total. The molecule has 104 valence electrons. The zero-order valence-corrected chi connectivity index (χ0v) is 11.5. The Kier molecular flexibility index (Phi) is 5.01. The van der Waals surface area contributed by atoms with Crippen LogP contribution in [-0.2, 0) is 9.53 Å². The van der Waals surface area contributed by atoms with Crippen molar-refractivity contribution in [1.29, 1.82) is 0 Å². The number of nitrogens with one attached hydrogen (secondary N) is 2. The third kappa shape index (κ3) is 3.23. The summed E-state index contributed by atoms with van der Waals surface area (Å²) in [4.78, 5) is 12.4. The normalized spacial score (nSPS) is 23.4. The standard InChI is InChI=1S/C14H26N2O2/c1-18-11-14(6-9-15-10-7-14)13(17)16-8-5-12-3-2-4-12/h12,15H,2-11H2,1H3,(H,16,17). The zero-order chi connectivity index (χ0) is 12.8. The molecule has 0 bridgehead atoms. The predicted molar refractivity (Wildman–Crippen MR) is 71.4 cm³/mol. The highest BCUT2D eigenvalue weighted by atomic mass is 16.5. The zero-order valence-electron chi connectivity index (χ0n) is 11.5. The van der Waals surface area contributed by atoms with E-state index in [2.05, 4.69) is 10.6 Å². The van der Waals surface area contributed by atoms with Crippen LogP contribution in [0.4, 0.5) is 0 Å². The summed E-state index contributed by atoms with van der Waals surface area (Å²) in [6, 6.07) is 0. The highest BCUT2D eigenvalue weighted by molar-refractivity contribution is 5.82. The molecule has 0 aromatic rings. The predicted octanol–water partition coefficient (Wildman–Crippen LogP) is 1.31. The van der Waals surface area contributed by atoms with Crippen molar-refractivity contribution < 1.29 is 9.53 Å². The van der Waals surface area contributed by atoms with Gasteiger partial charge in [-0.1, -0.05) is 19.3 Å². The van der Waals surface area contributed by atoms with Crippen molar-refractivity contribution in [2.75, 3.05) is 33.4 Å². The molecule has 0 radical (unpaired) electrons. The quantitative estimate of drug-likeness (QED) is 0.751. The van der Waals surface area contributed by atoms with Crippen LogP contribution in [0.25, 0.3) is 0 Å². The van der Waals surface area contributed by atoms with Gasteiger partial charge in [0.15, 0.2) is 0 Å². The fraction of sp³-hybridized carbons (Fsp3) is 0.929. The Labute approximate surface area is 110 Å². The van der Waals surface area contributed by atoms with Gasteiger partial charge < -0.3 is 15.4 Å². The van der Waals surface area contributed by atoms with Crippen molar-refractivity contribution in [2.24, 2.45) is 11.3 Å². The number of ether oxygens (including phenoxy) is 1. The Balaban J connectivity index is 1.78. The maximum Gasteiger partial charge on any atom is 0.228 e. The molecule has 0 atom stereocenters. The average molecular weight is 254 g/mol. The molecular weight excluding hydrogens is 228 g/mol. The lowest BCUT2D eigenvalue weighted by Crippen LogP contribution is -2.50. The summed E-state index contributed by atoms with van der Waals surface area (Å²) in [6.07, 6.45) is 6.99. The molecular formula is C14H26N2O2. The third-order valence-corrected chi connectivity index (χ3v) is 4.53. The number of piperidine rings is 1. The van der Waals surface area contributed by atoms with Gasteiger partial charge in [-0.2, -0.15) is 0 Å². The van der Waals surface area contributed by atoms with Crippen LogP contribution >= 0.6 is 0 Å². The second-order valence-electron chi connectivity index (χ2n) is 5.80. The topological polar surface area (TPSA) is 50.4 Å². The van der Waals surface area contributed by atoms with Gasteiger partial charge >= 0.3 is 0 Å². The van der Waals surface area contributed by atoms with Crippen molar-refractivity contribution in [1.82, 2.24) is 10.6 Å². The summed E-state index contributed by atoms with van der Waals surface area (Å²) in [7, 11) is 1.69. The molecule has 0 aromatic heterocycles. The van der Waals surface area contributed by atoms with Gasteiger partial charge in [0.2, 0.25) is 5.91 Å². The molecule has 1 saturated heterocycles. The molecule has 1 aliphatic carbocycles. The molecule has 1 amide bonds. The molecule has 18 heavy (non-hydrogen) atoms. The van der Waals surface area contributed by atoms with Crippen molar-refractivity contribution in [2.45, 2.75) is 38.5 Å². The van der Waals surface area contributed by atoms with E-state index in [0.717, 1.165) is 44.8 Å². The van der Waals surface area contributed by atoms with Gasteiger partial charge in [-0.3, -0.25) is 4.79 Å². The number of amides is 1. The third-order valence-electron chi connectivity index (χ3n) is 4.53. The second-order valence-corrected chi connectivity index (χ2v) is 5.80. The summed E-state index contributed by atoms with van der Waals surface area (Å²) in [5.41, 5.74) is -0.292. The average Bonchev–Trinajstić information content (AvgIpc) is 2.33. The van der Waals surface area contributed by atoms with Gasteiger partial charge in [0, 0.05) is 13.7 Å². The first-order valence-electron chi connectivity index (χ1n) is 7.25. The minimum atomic E-state index is -0.292. The van der Waals surface area contributed by atoms with E-state index in [1.54, 1.807) is 7.11 Å². The first-order valence-corrected chi connectivity index (χ1v) is 7.25. The summed E-state index contributed by atoms with van der Waals surface area (Å²) >= 11 is 0. The van der Waals surface area contributed by atoms with Crippen LogP contribution in [0, 0.1) is 11.3 Å².